The molecule has 2 fully saturated rings. The van der Waals surface area contributed by atoms with Gasteiger partial charge in [0.1, 0.15) is 17.0 Å². The van der Waals surface area contributed by atoms with Crippen molar-refractivity contribution in [2.45, 2.75) is 146 Å². The van der Waals surface area contributed by atoms with Crippen LogP contribution in [0.1, 0.15) is 145 Å². The number of hydrogen-bond donors (Lipinski definition) is 0. The fourth-order valence-electron chi connectivity index (χ4n) is 15.0. The summed E-state index contributed by atoms with van der Waals surface area (Å²) in [6.45, 7) is 19.7. The van der Waals surface area contributed by atoms with Gasteiger partial charge in [0.25, 0.3) is 0 Å². The Labute approximate surface area is 379 Å². The topological polar surface area (TPSA) is 19.6 Å². The quantitative estimate of drug-likeness (QED) is 0.165. The van der Waals surface area contributed by atoms with E-state index >= 15 is 4.39 Å². The molecule has 5 heteroatoms. The van der Waals surface area contributed by atoms with E-state index < -0.39 is 0 Å². The fourth-order valence-corrected chi connectivity index (χ4v) is 15.0. The SMILES string of the molecule is Cc1cc2c3c(c1)N1c4c(cc(C(C)(C)C)cc4C4(C)CCCCC14C)B3c1ccc(N3c4ccc(F)cc4C4(C)CCCCC34C)cc1C2Cc1cccc2oc3ccccc3c12. The van der Waals surface area contributed by atoms with Gasteiger partial charge in [-0.1, -0.05) is 120 Å². The maximum Gasteiger partial charge on any atom is 0.247 e. The van der Waals surface area contributed by atoms with Crippen molar-refractivity contribution in [1.82, 2.24) is 0 Å². The lowest BCUT2D eigenvalue weighted by Crippen LogP contribution is -2.65. The molecule has 6 aliphatic rings. The fraction of sp³-hybridized carbons (Fsp3) is 0.390. The molecule has 4 aliphatic heterocycles. The van der Waals surface area contributed by atoms with Gasteiger partial charge in [-0.25, -0.2) is 4.39 Å². The molecule has 0 saturated heterocycles. The molecule has 64 heavy (non-hydrogen) atoms. The number of rotatable bonds is 3. The smallest absolute Gasteiger partial charge is 0.247 e. The Morgan fingerprint density at radius 3 is 2.17 bits per heavy atom. The molecule has 5 unspecified atom stereocenters. The number of fused-ring (bicyclic) bond motifs is 13. The molecule has 7 aromatic rings. The van der Waals surface area contributed by atoms with Crippen LogP contribution in [0.15, 0.2) is 108 Å². The van der Waals surface area contributed by atoms with Crippen molar-refractivity contribution in [1.29, 1.82) is 0 Å². The lowest BCUT2D eigenvalue weighted by Gasteiger charge is -2.53. The van der Waals surface area contributed by atoms with Gasteiger partial charge in [0.2, 0.25) is 6.71 Å². The zero-order valence-corrected chi connectivity index (χ0v) is 39.0. The molecule has 5 atom stereocenters. The Morgan fingerprint density at radius 1 is 0.672 bits per heavy atom. The van der Waals surface area contributed by atoms with Crippen molar-refractivity contribution >= 4 is 67.8 Å². The lowest BCUT2D eigenvalue weighted by molar-refractivity contribution is 0.194. The molecule has 2 saturated carbocycles. The molecule has 0 radical (unpaired) electrons. The molecule has 2 aliphatic carbocycles. The van der Waals surface area contributed by atoms with E-state index in [0.29, 0.717) is 0 Å². The second-order valence-corrected chi connectivity index (χ2v) is 22.8. The second-order valence-electron chi connectivity index (χ2n) is 22.8. The standard InChI is InChI=1S/C59H60BFN2O/c1-35-28-43-41(30-36-16-15-19-51-52(36)40-17-9-10-18-50(40)64-51)42-34-39(62-48-23-20-38(61)33-44(48)56(5)24-11-13-26-58(56,62)7)21-22-46(42)60-47-32-37(55(2,3)4)31-45-54(47)63(49(29-35)53(43)60)59(8)27-14-12-25-57(45,59)6/h9-10,15-23,28-29,31-34,41H,11-14,24-27,30H2,1-8H3. The van der Waals surface area contributed by atoms with Crippen LogP contribution in [0.2, 0.25) is 0 Å². The number of aryl methyl sites for hydroxylation is 1. The number of furan rings is 1. The van der Waals surface area contributed by atoms with E-state index in [4.69, 9.17) is 4.42 Å². The lowest BCUT2D eigenvalue weighted by atomic mass is 9.31. The number of para-hydroxylation sites is 1. The van der Waals surface area contributed by atoms with E-state index in [-0.39, 0.29) is 45.8 Å². The normalized spacial score (nSPS) is 27.3. The zero-order chi connectivity index (χ0) is 43.9. The van der Waals surface area contributed by atoms with E-state index in [9.17, 15) is 0 Å². The molecule has 322 valence electrons. The highest BCUT2D eigenvalue weighted by Crippen LogP contribution is 2.63. The largest absolute Gasteiger partial charge is 0.456 e. The molecular formula is C59H60BFN2O. The van der Waals surface area contributed by atoms with Crippen molar-refractivity contribution in [3.05, 3.63) is 148 Å². The van der Waals surface area contributed by atoms with Crippen molar-refractivity contribution in [3.63, 3.8) is 0 Å². The highest BCUT2D eigenvalue weighted by Gasteiger charge is 2.62. The van der Waals surface area contributed by atoms with Gasteiger partial charge >= 0.3 is 0 Å². The third kappa shape index (κ3) is 4.79. The molecule has 0 amide bonds. The predicted octanol–water partition coefficient (Wildman–Crippen LogP) is 13.3. The van der Waals surface area contributed by atoms with Gasteiger partial charge in [0.05, 0.1) is 11.1 Å². The van der Waals surface area contributed by atoms with Crippen molar-refractivity contribution in [3.8, 4) is 0 Å². The first kappa shape index (κ1) is 39.1. The third-order valence-corrected chi connectivity index (χ3v) is 18.6. The number of nitrogens with zero attached hydrogens (tertiary/aromatic N) is 2. The molecule has 5 heterocycles. The molecule has 0 N–H and O–H groups in total. The van der Waals surface area contributed by atoms with Gasteiger partial charge in [-0.05, 0) is 157 Å². The third-order valence-electron chi connectivity index (χ3n) is 18.6. The first-order valence-electron chi connectivity index (χ1n) is 24.4. The minimum atomic E-state index is -0.183. The monoisotopic (exact) mass is 842 g/mol. The Morgan fingerprint density at radius 2 is 1.39 bits per heavy atom. The van der Waals surface area contributed by atoms with Gasteiger partial charge in [-0.15, -0.1) is 0 Å². The van der Waals surface area contributed by atoms with Gasteiger partial charge in [0, 0.05) is 50.3 Å². The maximum atomic E-state index is 15.3. The van der Waals surface area contributed by atoms with E-state index in [1.807, 2.05) is 6.07 Å². The van der Waals surface area contributed by atoms with Crippen molar-refractivity contribution < 1.29 is 8.81 Å². The van der Waals surface area contributed by atoms with E-state index in [1.54, 1.807) is 11.6 Å². The van der Waals surface area contributed by atoms with Gasteiger partial charge in [-0.2, -0.15) is 0 Å². The van der Waals surface area contributed by atoms with E-state index in [0.717, 1.165) is 30.4 Å². The number of anilines is 4. The summed E-state index contributed by atoms with van der Waals surface area (Å²) < 4.78 is 21.9. The van der Waals surface area contributed by atoms with Crippen LogP contribution in [-0.4, -0.2) is 17.8 Å². The van der Waals surface area contributed by atoms with Crippen LogP contribution in [0, 0.1) is 12.7 Å². The summed E-state index contributed by atoms with van der Waals surface area (Å²) in [5, 5.41) is 2.42. The maximum absolute atomic E-state index is 15.3. The molecule has 0 bridgehead atoms. The molecule has 0 spiro atoms. The number of hydrogen-bond acceptors (Lipinski definition) is 3. The number of halogens is 1. The summed E-state index contributed by atoms with van der Waals surface area (Å²) in [4.78, 5) is 5.53. The summed E-state index contributed by atoms with van der Waals surface area (Å²) in [6, 6.07) is 38.8. The Hall–Kier alpha value is -5.29. The summed E-state index contributed by atoms with van der Waals surface area (Å²) in [7, 11) is 0. The summed E-state index contributed by atoms with van der Waals surface area (Å²) in [5.74, 6) is -0.0391. The molecule has 1 aromatic heterocycles. The zero-order valence-electron chi connectivity index (χ0n) is 39.0. The molecule has 13 rings (SSSR count). The van der Waals surface area contributed by atoms with Crippen LogP contribution in [0.5, 0.6) is 0 Å². The average Bonchev–Trinajstić information content (AvgIpc) is 3.82. The Balaban J connectivity index is 1.10. The van der Waals surface area contributed by atoms with Gasteiger partial charge in [0.15, 0.2) is 0 Å². The van der Waals surface area contributed by atoms with Crippen LogP contribution in [-0.2, 0) is 22.7 Å². The number of benzene rings is 6. The van der Waals surface area contributed by atoms with Crippen LogP contribution < -0.4 is 26.2 Å². The Bertz CT molecular complexity index is 3180. The van der Waals surface area contributed by atoms with Crippen LogP contribution in [0.3, 0.4) is 0 Å². The van der Waals surface area contributed by atoms with Crippen LogP contribution in [0.25, 0.3) is 21.9 Å². The Kier molecular flexibility index (Phi) is 7.79. The van der Waals surface area contributed by atoms with E-state index in [2.05, 4.69) is 156 Å². The van der Waals surface area contributed by atoms with Gasteiger partial charge < -0.3 is 14.2 Å². The summed E-state index contributed by atoms with van der Waals surface area (Å²) >= 11 is 0. The van der Waals surface area contributed by atoms with Crippen molar-refractivity contribution in [2.24, 2.45) is 0 Å². The highest BCUT2D eigenvalue weighted by molar-refractivity contribution is 6.99. The highest BCUT2D eigenvalue weighted by atomic mass is 19.1. The molecular weight excluding hydrogens is 782 g/mol. The summed E-state index contributed by atoms with van der Waals surface area (Å²) in [6.07, 6.45) is 10.3. The van der Waals surface area contributed by atoms with E-state index in [1.165, 1.54) is 122 Å². The minimum Gasteiger partial charge on any atom is -0.456 e. The first-order chi connectivity index (χ1) is 30.6. The molecule has 3 nitrogen and oxygen atoms in total. The van der Waals surface area contributed by atoms with Crippen LogP contribution in [0.4, 0.5) is 27.1 Å². The minimum absolute atomic E-state index is 0.00257. The summed E-state index contributed by atoms with van der Waals surface area (Å²) in [5.41, 5.74) is 21.0. The first-order valence-corrected chi connectivity index (χ1v) is 24.4. The molecule has 6 aromatic carbocycles. The predicted molar refractivity (Wildman–Crippen MR) is 266 cm³/mol. The second kappa shape index (κ2) is 12.7. The van der Waals surface area contributed by atoms with Crippen LogP contribution >= 0.6 is 0 Å². The van der Waals surface area contributed by atoms with Gasteiger partial charge in [-0.3, -0.25) is 0 Å². The average molecular weight is 843 g/mol. The van der Waals surface area contributed by atoms with Crippen molar-refractivity contribution in [2.75, 3.05) is 9.80 Å².